The zero-order valence-corrected chi connectivity index (χ0v) is 24.4. The van der Waals surface area contributed by atoms with Crippen molar-refractivity contribution in [3.8, 4) is 0 Å². The van der Waals surface area contributed by atoms with Gasteiger partial charge in [-0.1, -0.05) is 58.4 Å². The van der Waals surface area contributed by atoms with Gasteiger partial charge in [-0.15, -0.1) is 0 Å². The van der Waals surface area contributed by atoms with Crippen LogP contribution in [0.5, 0.6) is 0 Å². The molecule has 2 bridgehead atoms. The van der Waals surface area contributed by atoms with Gasteiger partial charge in [0.1, 0.15) is 5.60 Å². The first-order valence-corrected chi connectivity index (χ1v) is 14.6. The van der Waals surface area contributed by atoms with Gasteiger partial charge in [-0.05, 0) is 87.4 Å². The van der Waals surface area contributed by atoms with E-state index < -0.39 is 5.60 Å². The molecule has 0 aromatic rings. The lowest BCUT2D eigenvalue weighted by Crippen LogP contribution is -2.65. The predicted molar refractivity (Wildman–Crippen MR) is 144 cm³/mol. The number of rotatable bonds is 6. The highest BCUT2D eigenvalue weighted by atomic mass is 16.7. The number of allylic oxidation sites excluding steroid dienone is 2. The van der Waals surface area contributed by atoms with E-state index in [1.54, 1.807) is 0 Å². The molecule has 36 heavy (non-hydrogen) atoms. The zero-order valence-electron chi connectivity index (χ0n) is 24.4. The van der Waals surface area contributed by atoms with E-state index in [1.807, 2.05) is 14.2 Å². The van der Waals surface area contributed by atoms with Crippen LogP contribution in [0.2, 0.25) is 0 Å². The molecule has 0 amide bonds. The van der Waals surface area contributed by atoms with E-state index in [-0.39, 0.29) is 40.2 Å². The van der Waals surface area contributed by atoms with Gasteiger partial charge in [0.05, 0.1) is 12.2 Å². The fraction of sp³-hybridized carbons (Fsp3) is 0.875. The molecule has 3 saturated carbocycles. The Morgan fingerprint density at radius 2 is 1.78 bits per heavy atom. The minimum absolute atomic E-state index is 0.00950. The highest BCUT2D eigenvalue weighted by Gasteiger charge is 2.78. The molecule has 0 aromatic heterocycles. The highest BCUT2D eigenvalue weighted by molar-refractivity contribution is 5.34. The Kier molecular flexibility index (Phi) is 6.48. The fourth-order valence-electron chi connectivity index (χ4n) is 10.6. The second-order valence-electron chi connectivity index (χ2n) is 14.5. The first-order valence-electron chi connectivity index (χ1n) is 14.6. The number of ether oxygens (including phenoxy) is 3. The molecule has 5 aliphatic rings. The van der Waals surface area contributed by atoms with Gasteiger partial charge in [0.2, 0.25) is 0 Å². The van der Waals surface area contributed by atoms with Crippen LogP contribution in [-0.2, 0) is 14.2 Å². The normalized spacial score (nSPS) is 50.1. The zero-order chi connectivity index (χ0) is 26.3. The van der Waals surface area contributed by atoms with Gasteiger partial charge in [-0.25, -0.2) is 0 Å². The SMILES string of the molecule is CO[C@H]1O[C@]23C=C[C@@H]4[C@@]1(CC[C@]1(C)[C@@H]([C@H](C)C[C@H](C=C(C)C)OC)CC[C@@]41C)[C@@H]2CC[C@H](O)C3(C)C. The van der Waals surface area contributed by atoms with Gasteiger partial charge in [-0.2, -0.15) is 0 Å². The van der Waals surface area contributed by atoms with Crippen molar-refractivity contribution in [1.29, 1.82) is 0 Å². The molecule has 4 aliphatic carbocycles. The van der Waals surface area contributed by atoms with Gasteiger partial charge >= 0.3 is 0 Å². The van der Waals surface area contributed by atoms with Crippen LogP contribution >= 0.6 is 0 Å². The summed E-state index contributed by atoms with van der Waals surface area (Å²) in [6, 6.07) is 0. The molecule has 1 aliphatic heterocycles. The van der Waals surface area contributed by atoms with Gasteiger partial charge in [-0.3, -0.25) is 0 Å². The molecule has 0 radical (unpaired) electrons. The van der Waals surface area contributed by atoms with Crippen LogP contribution < -0.4 is 0 Å². The third kappa shape index (κ3) is 3.20. The summed E-state index contributed by atoms with van der Waals surface area (Å²) in [6.07, 6.45) is 14.8. The Bertz CT molecular complexity index is 919. The van der Waals surface area contributed by atoms with E-state index in [4.69, 9.17) is 14.2 Å². The third-order valence-corrected chi connectivity index (χ3v) is 12.8. The quantitative estimate of drug-likeness (QED) is 0.402. The molecule has 1 heterocycles. The van der Waals surface area contributed by atoms with Crippen molar-refractivity contribution in [2.24, 2.45) is 45.3 Å². The smallest absolute Gasteiger partial charge is 0.164 e. The summed E-state index contributed by atoms with van der Waals surface area (Å²) in [6.45, 7) is 16.4. The monoisotopic (exact) mass is 500 g/mol. The third-order valence-electron chi connectivity index (χ3n) is 12.8. The molecule has 1 spiro atoms. The van der Waals surface area contributed by atoms with Crippen molar-refractivity contribution in [3.63, 3.8) is 0 Å². The second kappa shape index (κ2) is 8.66. The van der Waals surface area contributed by atoms with Crippen LogP contribution in [0.3, 0.4) is 0 Å². The van der Waals surface area contributed by atoms with Crippen LogP contribution in [0.25, 0.3) is 0 Å². The standard InChI is InChI=1S/C32H52O4/c1-20(2)18-22(34-8)19-21(3)23-12-14-30(7)24-13-15-32-25(10-11-26(33)28(32,4)5)31(24,27(35-9)36-32)17-16-29(23,30)6/h13,15,18,21-27,33H,10-12,14,16-17,19H2,1-9H3/t21-,22+,23-,24+,25+,26+,27+,29-,30+,31+,32-/m1/s1. The summed E-state index contributed by atoms with van der Waals surface area (Å²) in [7, 11) is 3.70. The average Bonchev–Trinajstić information content (AvgIpc) is 3.19. The maximum Gasteiger partial charge on any atom is 0.164 e. The number of fused-ring (bicyclic) bond motifs is 2. The molecule has 4 heteroatoms. The van der Waals surface area contributed by atoms with Gasteiger partial charge in [0.15, 0.2) is 6.29 Å². The van der Waals surface area contributed by atoms with E-state index >= 15 is 0 Å². The number of methoxy groups -OCH3 is 2. The molecule has 1 N–H and O–H groups in total. The summed E-state index contributed by atoms with van der Waals surface area (Å²) in [5, 5.41) is 11.1. The first kappa shape index (κ1) is 26.9. The van der Waals surface area contributed by atoms with Crippen LogP contribution in [-0.4, -0.2) is 43.4 Å². The van der Waals surface area contributed by atoms with Crippen LogP contribution in [0.1, 0.15) is 93.4 Å². The number of aliphatic hydroxyl groups excluding tert-OH is 1. The predicted octanol–water partition coefficient (Wildman–Crippen LogP) is 6.92. The van der Waals surface area contributed by atoms with E-state index in [0.717, 1.165) is 25.7 Å². The number of hydrogen-bond acceptors (Lipinski definition) is 4. The number of aliphatic hydroxyl groups is 1. The van der Waals surface area contributed by atoms with Gasteiger partial charge < -0.3 is 19.3 Å². The van der Waals surface area contributed by atoms with Crippen molar-refractivity contribution in [2.45, 2.75) is 118 Å². The van der Waals surface area contributed by atoms with Crippen molar-refractivity contribution >= 4 is 0 Å². The maximum atomic E-state index is 11.1. The first-order chi connectivity index (χ1) is 16.8. The summed E-state index contributed by atoms with van der Waals surface area (Å²) >= 11 is 0. The van der Waals surface area contributed by atoms with E-state index in [0.29, 0.717) is 23.7 Å². The molecule has 204 valence electrons. The molecular weight excluding hydrogens is 448 g/mol. The Morgan fingerprint density at radius 3 is 2.42 bits per heavy atom. The van der Waals surface area contributed by atoms with Crippen molar-refractivity contribution < 1.29 is 19.3 Å². The van der Waals surface area contributed by atoms with E-state index in [2.05, 4.69) is 66.7 Å². The Morgan fingerprint density at radius 1 is 1.06 bits per heavy atom. The Balaban J connectivity index is 1.52. The molecule has 4 fully saturated rings. The van der Waals surface area contributed by atoms with Gasteiger partial charge in [0, 0.05) is 31.0 Å². The second-order valence-corrected chi connectivity index (χ2v) is 14.5. The van der Waals surface area contributed by atoms with Crippen LogP contribution in [0, 0.1) is 45.3 Å². The maximum absolute atomic E-state index is 11.1. The summed E-state index contributed by atoms with van der Waals surface area (Å²) < 4.78 is 19.1. The average molecular weight is 501 g/mol. The molecule has 5 rings (SSSR count). The largest absolute Gasteiger partial charge is 0.392 e. The summed E-state index contributed by atoms with van der Waals surface area (Å²) in [5.74, 6) is 2.14. The molecule has 11 atom stereocenters. The molecular formula is C32H52O4. The lowest BCUT2D eigenvalue weighted by molar-refractivity contribution is -0.225. The van der Waals surface area contributed by atoms with Crippen molar-refractivity contribution in [2.75, 3.05) is 14.2 Å². The van der Waals surface area contributed by atoms with Crippen LogP contribution in [0.15, 0.2) is 23.8 Å². The molecule has 0 aromatic carbocycles. The van der Waals surface area contributed by atoms with Crippen molar-refractivity contribution in [3.05, 3.63) is 23.8 Å². The molecule has 1 saturated heterocycles. The minimum atomic E-state index is -0.437. The minimum Gasteiger partial charge on any atom is -0.392 e. The Hall–Kier alpha value is -0.680. The number of hydrogen-bond donors (Lipinski definition) is 1. The highest BCUT2D eigenvalue weighted by Crippen LogP contribution is 2.78. The lowest BCUT2D eigenvalue weighted by Gasteiger charge is -2.65. The van der Waals surface area contributed by atoms with Crippen LogP contribution in [0.4, 0.5) is 0 Å². The van der Waals surface area contributed by atoms with E-state index in [9.17, 15) is 5.11 Å². The fourth-order valence-corrected chi connectivity index (χ4v) is 10.6. The van der Waals surface area contributed by atoms with Crippen molar-refractivity contribution in [1.82, 2.24) is 0 Å². The molecule has 4 nitrogen and oxygen atoms in total. The summed E-state index contributed by atoms with van der Waals surface area (Å²) in [4.78, 5) is 0. The topological polar surface area (TPSA) is 47.9 Å². The van der Waals surface area contributed by atoms with E-state index in [1.165, 1.54) is 24.8 Å². The lowest BCUT2D eigenvalue weighted by atomic mass is 9.38. The summed E-state index contributed by atoms with van der Waals surface area (Å²) in [5.41, 5.74) is 1.04. The Labute approximate surface area is 220 Å². The van der Waals surface area contributed by atoms with Gasteiger partial charge in [0.25, 0.3) is 0 Å². The molecule has 0 unspecified atom stereocenters.